The van der Waals surface area contributed by atoms with Crippen LogP contribution in [0, 0.1) is 29.6 Å². The second-order valence-corrected chi connectivity index (χ2v) is 7.69. The highest BCUT2D eigenvalue weighted by Gasteiger charge is 2.44. The Bertz CT molecular complexity index is 344. The average molecular weight is 261 g/mol. The van der Waals surface area contributed by atoms with Crippen molar-refractivity contribution in [1.82, 2.24) is 0 Å². The maximum absolute atomic E-state index is 6.39. The second kappa shape index (κ2) is 5.60. The summed E-state index contributed by atoms with van der Waals surface area (Å²) in [5.41, 5.74) is 8.10. The van der Waals surface area contributed by atoms with Crippen molar-refractivity contribution in [3.8, 4) is 0 Å². The molecule has 2 saturated carbocycles. The van der Waals surface area contributed by atoms with Crippen molar-refractivity contribution in [3.63, 3.8) is 0 Å². The predicted molar refractivity (Wildman–Crippen MR) is 81.8 cm³/mol. The summed E-state index contributed by atoms with van der Waals surface area (Å²) in [7, 11) is 0. The van der Waals surface area contributed by atoms with Crippen LogP contribution in [0.2, 0.25) is 0 Å². The first-order valence-corrected chi connectivity index (χ1v) is 8.58. The van der Waals surface area contributed by atoms with E-state index in [-0.39, 0.29) is 0 Å². The normalized spacial score (nSPS) is 41.1. The van der Waals surface area contributed by atoms with Crippen molar-refractivity contribution in [1.29, 1.82) is 0 Å². The van der Waals surface area contributed by atoms with E-state index < -0.39 is 0 Å². The lowest BCUT2D eigenvalue weighted by atomic mass is 9.73. The van der Waals surface area contributed by atoms with Crippen LogP contribution in [0.3, 0.4) is 0 Å². The zero-order valence-corrected chi connectivity index (χ0v) is 12.8. The smallest absolute Gasteiger partial charge is 0.00445 e. The number of fused-ring (bicyclic) bond motifs is 1. The Hall–Kier alpha value is -0.300. The fourth-order valence-corrected chi connectivity index (χ4v) is 4.77. The van der Waals surface area contributed by atoms with Gasteiger partial charge in [-0.1, -0.05) is 25.0 Å². The minimum absolute atomic E-state index is 0.365. The SMILES string of the molecule is CC1CCC2CC2CC1[C@H](CC1=CCCC1)C(C)N. The summed E-state index contributed by atoms with van der Waals surface area (Å²) >= 11 is 0. The van der Waals surface area contributed by atoms with E-state index in [1.165, 1.54) is 51.4 Å². The summed E-state index contributed by atoms with van der Waals surface area (Å²) in [5, 5.41) is 0. The molecule has 3 rings (SSSR count). The summed E-state index contributed by atoms with van der Waals surface area (Å²) in [6, 6.07) is 0.365. The molecule has 3 aliphatic rings. The fraction of sp³-hybridized carbons (Fsp3) is 0.889. The predicted octanol–water partition coefficient (Wildman–Crippen LogP) is 4.52. The summed E-state index contributed by atoms with van der Waals surface area (Å²) in [6.07, 6.45) is 13.8. The van der Waals surface area contributed by atoms with Crippen LogP contribution in [0.25, 0.3) is 0 Å². The molecule has 0 radical (unpaired) electrons. The lowest BCUT2D eigenvalue weighted by molar-refractivity contribution is 0.190. The van der Waals surface area contributed by atoms with Crippen molar-refractivity contribution in [3.05, 3.63) is 11.6 Å². The van der Waals surface area contributed by atoms with Crippen LogP contribution in [0.1, 0.15) is 65.2 Å². The Balaban J connectivity index is 1.70. The van der Waals surface area contributed by atoms with E-state index in [0.717, 1.165) is 29.6 Å². The van der Waals surface area contributed by atoms with Gasteiger partial charge in [0.25, 0.3) is 0 Å². The number of hydrogen-bond donors (Lipinski definition) is 1. The number of hydrogen-bond acceptors (Lipinski definition) is 1. The van der Waals surface area contributed by atoms with E-state index in [1.54, 1.807) is 5.57 Å². The van der Waals surface area contributed by atoms with Gasteiger partial charge in [0.15, 0.2) is 0 Å². The van der Waals surface area contributed by atoms with E-state index in [2.05, 4.69) is 19.9 Å². The molecular formula is C18H31N. The zero-order valence-electron chi connectivity index (χ0n) is 12.8. The zero-order chi connectivity index (χ0) is 13.4. The van der Waals surface area contributed by atoms with Gasteiger partial charge < -0.3 is 5.73 Å². The molecule has 108 valence electrons. The lowest BCUT2D eigenvalue weighted by Crippen LogP contribution is -2.36. The molecule has 0 heterocycles. The van der Waals surface area contributed by atoms with Crippen LogP contribution in [-0.2, 0) is 0 Å². The molecule has 0 aliphatic heterocycles. The second-order valence-electron chi connectivity index (χ2n) is 7.69. The molecule has 2 N–H and O–H groups in total. The van der Waals surface area contributed by atoms with Crippen LogP contribution >= 0.6 is 0 Å². The molecule has 0 aromatic rings. The monoisotopic (exact) mass is 261 g/mol. The Labute approximate surface area is 119 Å². The molecule has 0 bridgehead atoms. The Morgan fingerprint density at radius 1 is 1.26 bits per heavy atom. The molecule has 0 saturated heterocycles. The van der Waals surface area contributed by atoms with Crippen molar-refractivity contribution >= 4 is 0 Å². The number of nitrogens with two attached hydrogens (primary N) is 1. The third-order valence-corrected chi connectivity index (χ3v) is 6.23. The molecule has 1 nitrogen and oxygen atoms in total. The quantitative estimate of drug-likeness (QED) is 0.740. The van der Waals surface area contributed by atoms with Gasteiger partial charge in [0.2, 0.25) is 0 Å². The van der Waals surface area contributed by atoms with Gasteiger partial charge in [-0.3, -0.25) is 0 Å². The molecular weight excluding hydrogens is 230 g/mol. The molecule has 2 fully saturated rings. The van der Waals surface area contributed by atoms with Gasteiger partial charge in [-0.25, -0.2) is 0 Å². The summed E-state index contributed by atoms with van der Waals surface area (Å²) < 4.78 is 0. The maximum atomic E-state index is 6.39. The molecule has 3 aliphatic carbocycles. The van der Waals surface area contributed by atoms with Gasteiger partial charge in [0.05, 0.1) is 0 Å². The van der Waals surface area contributed by atoms with Gasteiger partial charge in [-0.2, -0.15) is 0 Å². The highest BCUT2D eigenvalue weighted by Crippen LogP contribution is 2.53. The summed E-state index contributed by atoms with van der Waals surface area (Å²) in [6.45, 7) is 4.75. The van der Waals surface area contributed by atoms with Crippen LogP contribution in [0.15, 0.2) is 11.6 Å². The molecule has 19 heavy (non-hydrogen) atoms. The molecule has 5 unspecified atom stereocenters. The first kappa shape index (κ1) is 13.7. The standard InChI is InChI=1S/C18H31N/c1-12-7-8-15-10-16(15)11-17(12)18(13(2)19)9-14-5-3-4-6-14/h5,12-13,15-18H,3-4,6-11,19H2,1-2H3/t12?,13?,15?,16?,17?,18-/m1/s1. The highest BCUT2D eigenvalue weighted by molar-refractivity contribution is 5.10. The van der Waals surface area contributed by atoms with E-state index in [4.69, 9.17) is 5.73 Å². The minimum atomic E-state index is 0.365. The summed E-state index contributed by atoms with van der Waals surface area (Å²) in [5.74, 6) is 4.67. The van der Waals surface area contributed by atoms with Crippen LogP contribution in [0.5, 0.6) is 0 Å². The molecule has 1 heteroatoms. The topological polar surface area (TPSA) is 26.0 Å². The maximum Gasteiger partial charge on any atom is 0.00445 e. The van der Waals surface area contributed by atoms with Gasteiger partial charge in [0.1, 0.15) is 0 Å². The van der Waals surface area contributed by atoms with E-state index >= 15 is 0 Å². The van der Waals surface area contributed by atoms with Gasteiger partial charge >= 0.3 is 0 Å². The molecule has 0 aromatic carbocycles. The Morgan fingerprint density at radius 3 is 2.79 bits per heavy atom. The van der Waals surface area contributed by atoms with E-state index in [1.807, 2.05) is 0 Å². The minimum Gasteiger partial charge on any atom is -0.328 e. The Morgan fingerprint density at radius 2 is 2.11 bits per heavy atom. The average Bonchev–Trinajstić information content (AvgIpc) is 2.94. The van der Waals surface area contributed by atoms with E-state index in [0.29, 0.717) is 6.04 Å². The fourth-order valence-electron chi connectivity index (χ4n) is 4.77. The van der Waals surface area contributed by atoms with Crippen molar-refractivity contribution in [2.45, 2.75) is 71.3 Å². The molecule has 6 atom stereocenters. The van der Waals surface area contributed by atoms with Crippen molar-refractivity contribution in [2.75, 3.05) is 0 Å². The van der Waals surface area contributed by atoms with Crippen LogP contribution in [-0.4, -0.2) is 6.04 Å². The highest BCUT2D eigenvalue weighted by atomic mass is 14.7. The van der Waals surface area contributed by atoms with Gasteiger partial charge in [-0.15, -0.1) is 0 Å². The summed E-state index contributed by atoms with van der Waals surface area (Å²) in [4.78, 5) is 0. The third-order valence-electron chi connectivity index (χ3n) is 6.23. The van der Waals surface area contributed by atoms with E-state index in [9.17, 15) is 0 Å². The number of rotatable bonds is 4. The lowest BCUT2D eigenvalue weighted by Gasteiger charge is -2.34. The first-order valence-electron chi connectivity index (χ1n) is 8.58. The first-order chi connectivity index (χ1) is 9.15. The van der Waals surface area contributed by atoms with Crippen LogP contribution in [0.4, 0.5) is 0 Å². The van der Waals surface area contributed by atoms with Crippen molar-refractivity contribution in [2.24, 2.45) is 35.3 Å². The van der Waals surface area contributed by atoms with Crippen molar-refractivity contribution < 1.29 is 0 Å². The van der Waals surface area contributed by atoms with Gasteiger partial charge in [-0.05, 0) is 81.5 Å². The molecule has 0 spiro atoms. The number of allylic oxidation sites excluding steroid dienone is 2. The third kappa shape index (κ3) is 3.07. The Kier molecular flexibility index (Phi) is 4.03. The van der Waals surface area contributed by atoms with Crippen LogP contribution < -0.4 is 5.73 Å². The largest absolute Gasteiger partial charge is 0.328 e. The molecule has 0 amide bonds. The van der Waals surface area contributed by atoms with Gasteiger partial charge in [0, 0.05) is 6.04 Å². The molecule has 0 aromatic heterocycles.